The summed E-state index contributed by atoms with van der Waals surface area (Å²) in [5, 5.41) is 17.0. The lowest BCUT2D eigenvalue weighted by Gasteiger charge is -2.33. The molecule has 1 atom stereocenters. The monoisotopic (exact) mass is 382 g/mol. The highest BCUT2D eigenvalue weighted by Gasteiger charge is 2.26. The van der Waals surface area contributed by atoms with Crippen LogP contribution in [0.15, 0.2) is 40.8 Å². The van der Waals surface area contributed by atoms with E-state index < -0.39 is 0 Å². The number of aromatic nitrogens is 4. The van der Waals surface area contributed by atoms with Gasteiger partial charge in [0.1, 0.15) is 11.5 Å². The molecule has 3 heterocycles. The van der Waals surface area contributed by atoms with E-state index in [1.165, 1.54) is 0 Å². The molecule has 3 aromatic rings. The average molecular weight is 382 g/mol. The SMILES string of the molecule is Cc1ccc([C@@H](CNC(=O)c2ccccc2-c2nn[nH]n2)N2CCOCC2)o1. The van der Waals surface area contributed by atoms with Crippen molar-refractivity contribution in [3.8, 4) is 11.4 Å². The topological polar surface area (TPSA) is 109 Å². The van der Waals surface area contributed by atoms with Gasteiger partial charge < -0.3 is 14.5 Å². The predicted octanol–water partition coefficient (Wildman–Crippen LogP) is 1.57. The van der Waals surface area contributed by atoms with Gasteiger partial charge in [-0.2, -0.15) is 5.21 Å². The van der Waals surface area contributed by atoms with Crippen LogP contribution in [-0.4, -0.2) is 64.3 Å². The lowest BCUT2D eigenvalue weighted by atomic mass is 10.1. The number of rotatable bonds is 6. The minimum absolute atomic E-state index is 0.0566. The van der Waals surface area contributed by atoms with Gasteiger partial charge in [-0.15, -0.1) is 10.2 Å². The number of nitrogens with zero attached hydrogens (tertiary/aromatic N) is 4. The molecule has 4 rings (SSSR count). The minimum Gasteiger partial charge on any atom is -0.465 e. The van der Waals surface area contributed by atoms with E-state index >= 15 is 0 Å². The number of furan rings is 1. The molecule has 1 aliphatic rings. The van der Waals surface area contributed by atoms with Gasteiger partial charge >= 0.3 is 0 Å². The molecule has 28 heavy (non-hydrogen) atoms. The zero-order valence-electron chi connectivity index (χ0n) is 15.6. The first-order chi connectivity index (χ1) is 13.7. The van der Waals surface area contributed by atoms with Crippen molar-refractivity contribution in [2.45, 2.75) is 13.0 Å². The summed E-state index contributed by atoms with van der Waals surface area (Å²) in [4.78, 5) is 15.2. The molecule has 0 unspecified atom stereocenters. The van der Waals surface area contributed by atoms with E-state index in [0.717, 1.165) is 24.6 Å². The largest absolute Gasteiger partial charge is 0.465 e. The number of aryl methyl sites for hydroxylation is 1. The first kappa shape index (κ1) is 18.3. The van der Waals surface area contributed by atoms with Crippen molar-refractivity contribution < 1.29 is 13.9 Å². The zero-order valence-corrected chi connectivity index (χ0v) is 15.6. The number of ether oxygens (including phenoxy) is 1. The van der Waals surface area contributed by atoms with Crippen molar-refractivity contribution in [2.75, 3.05) is 32.8 Å². The fourth-order valence-electron chi connectivity index (χ4n) is 3.37. The normalized spacial score (nSPS) is 16.0. The van der Waals surface area contributed by atoms with Crippen LogP contribution in [0.1, 0.15) is 27.9 Å². The summed E-state index contributed by atoms with van der Waals surface area (Å²) >= 11 is 0. The number of carbonyl (C=O) groups is 1. The number of amides is 1. The number of hydrogen-bond acceptors (Lipinski definition) is 7. The van der Waals surface area contributed by atoms with E-state index in [1.54, 1.807) is 12.1 Å². The number of aromatic amines is 1. The highest BCUT2D eigenvalue weighted by molar-refractivity contribution is 6.00. The molecule has 1 aliphatic heterocycles. The van der Waals surface area contributed by atoms with Gasteiger partial charge in [-0.25, -0.2) is 0 Å². The van der Waals surface area contributed by atoms with Crippen molar-refractivity contribution >= 4 is 5.91 Å². The molecule has 146 valence electrons. The van der Waals surface area contributed by atoms with Crippen LogP contribution in [0.4, 0.5) is 0 Å². The molecule has 1 amide bonds. The molecular formula is C19H22N6O3. The second kappa shape index (κ2) is 8.32. The first-order valence-electron chi connectivity index (χ1n) is 9.21. The van der Waals surface area contributed by atoms with Crippen LogP contribution < -0.4 is 5.32 Å². The molecule has 9 heteroatoms. The number of tetrazole rings is 1. The summed E-state index contributed by atoms with van der Waals surface area (Å²) in [7, 11) is 0. The molecule has 0 spiro atoms. The second-order valence-electron chi connectivity index (χ2n) is 6.60. The highest BCUT2D eigenvalue weighted by Crippen LogP contribution is 2.24. The van der Waals surface area contributed by atoms with Gasteiger partial charge in [0.25, 0.3) is 5.91 Å². The van der Waals surface area contributed by atoms with Crippen LogP contribution in [0.5, 0.6) is 0 Å². The fourth-order valence-corrected chi connectivity index (χ4v) is 3.37. The van der Waals surface area contributed by atoms with Gasteiger partial charge in [0.05, 0.1) is 24.8 Å². The Labute approximate surface area is 162 Å². The molecule has 0 saturated carbocycles. The molecule has 0 bridgehead atoms. The molecule has 0 radical (unpaired) electrons. The number of hydrogen-bond donors (Lipinski definition) is 2. The Morgan fingerprint density at radius 2 is 2.07 bits per heavy atom. The summed E-state index contributed by atoms with van der Waals surface area (Å²) < 4.78 is 11.3. The first-order valence-corrected chi connectivity index (χ1v) is 9.21. The lowest BCUT2D eigenvalue weighted by molar-refractivity contribution is 0.0117. The molecule has 0 aliphatic carbocycles. The van der Waals surface area contributed by atoms with Crippen molar-refractivity contribution in [3.05, 3.63) is 53.5 Å². The Bertz CT molecular complexity index is 917. The van der Waals surface area contributed by atoms with Gasteiger partial charge in [-0.1, -0.05) is 18.2 Å². The zero-order chi connectivity index (χ0) is 19.3. The molecule has 2 aromatic heterocycles. The number of benzene rings is 1. The van der Waals surface area contributed by atoms with Crippen LogP contribution in [0, 0.1) is 6.92 Å². The van der Waals surface area contributed by atoms with Crippen LogP contribution in [-0.2, 0) is 4.74 Å². The molecule has 1 aromatic carbocycles. The maximum atomic E-state index is 12.9. The highest BCUT2D eigenvalue weighted by atomic mass is 16.5. The second-order valence-corrected chi connectivity index (χ2v) is 6.60. The number of nitrogens with one attached hydrogen (secondary N) is 2. The summed E-state index contributed by atoms with van der Waals surface area (Å²) in [5.41, 5.74) is 1.13. The van der Waals surface area contributed by atoms with Gasteiger partial charge in [-0.05, 0) is 30.3 Å². The maximum absolute atomic E-state index is 12.9. The summed E-state index contributed by atoms with van der Waals surface area (Å²) in [6.45, 7) is 5.26. The van der Waals surface area contributed by atoms with Crippen LogP contribution in [0.25, 0.3) is 11.4 Å². The predicted molar refractivity (Wildman–Crippen MR) is 101 cm³/mol. The smallest absolute Gasteiger partial charge is 0.252 e. The summed E-state index contributed by atoms with van der Waals surface area (Å²) in [6, 6.07) is 11.1. The Morgan fingerprint density at radius 3 is 2.79 bits per heavy atom. The molecule has 9 nitrogen and oxygen atoms in total. The van der Waals surface area contributed by atoms with E-state index in [-0.39, 0.29) is 11.9 Å². The summed E-state index contributed by atoms with van der Waals surface area (Å²) in [5.74, 6) is 1.88. The number of H-pyrrole nitrogens is 1. The van der Waals surface area contributed by atoms with E-state index in [4.69, 9.17) is 9.15 Å². The number of carbonyl (C=O) groups excluding carboxylic acids is 1. The van der Waals surface area contributed by atoms with Gasteiger partial charge in [-0.3, -0.25) is 9.69 Å². The molecule has 1 saturated heterocycles. The van der Waals surface area contributed by atoms with Crippen molar-refractivity contribution in [1.29, 1.82) is 0 Å². The third kappa shape index (κ3) is 3.95. The Balaban J connectivity index is 1.52. The van der Waals surface area contributed by atoms with Crippen LogP contribution in [0.3, 0.4) is 0 Å². The Hall–Kier alpha value is -3.04. The molecule has 2 N–H and O–H groups in total. The molecular weight excluding hydrogens is 360 g/mol. The standard InChI is InChI=1S/C19H22N6O3/c1-13-6-7-17(28-13)16(25-8-10-27-11-9-25)12-20-19(26)15-5-3-2-4-14(15)18-21-23-24-22-18/h2-7,16H,8-12H2,1H3,(H,20,26)(H,21,22,23,24)/t16-/m1/s1. The molecule has 1 fully saturated rings. The van der Waals surface area contributed by atoms with Crippen LogP contribution in [0.2, 0.25) is 0 Å². The van der Waals surface area contributed by atoms with Gasteiger partial charge in [0.15, 0.2) is 0 Å². The van der Waals surface area contributed by atoms with Crippen LogP contribution >= 0.6 is 0 Å². The van der Waals surface area contributed by atoms with Crippen molar-refractivity contribution in [3.63, 3.8) is 0 Å². The maximum Gasteiger partial charge on any atom is 0.252 e. The van der Waals surface area contributed by atoms with E-state index in [2.05, 4.69) is 30.8 Å². The van der Waals surface area contributed by atoms with E-state index in [1.807, 2.05) is 31.2 Å². The minimum atomic E-state index is -0.193. The van der Waals surface area contributed by atoms with E-state index in [9.17, 15) is 4.79 Å². The summed E-state index contributed by atoms with van der Waals surface area (Å²) in [6.07, 6.45) is 0. The van der Waals surface area contributed by atoms with E-state index in [0.29, 0.717) is 36.7 Å². The average Bonchev–Trinajstić information content (AvgIpc) is 3.41. The lowest BCUT2D eigenvalue weighted by Crippen LogP contribution is -2.43. The Kier molecular flexibility index (Phi) is 5.45. The van der Waals surface area contributed by atoms with Gasteiger partial charge in [0.2, 0.25) is 5.82 Å². The fraction of sp³-hybridized carbons (Fsp3) is 0.368. The van der Waals surface area contributed by atoms with Gasteiger partial charge in [0, 0.05) is 25.2 Å². The van der Waals surface area contributed by atoms with Crippen molar-refractivity contribution in [1.82, 2.24) is 30.8 Å². The Morgan fingerprint density at radius 1 is 1.25 bits per heavy atom. The van der Waals surface area contributed by atoms with Crippen molar-refractivity contribution in [2.24, 2.45) is 0 Å². The quantitative estimate of drug-likeness (QED) is 0.666. The third-order valence-corrected chi connectivity index (χ3v) is 4.79. The number of morpholine rings is 1. The third-order valence-electron chi connectivity index (χ3n) is 4.79.